The lowest BCUT2D eigenvalue weighted by Gasteiger charge is -2.26. The Labute approximate surface area is 200 Å². The highest BCUT2D eigenvalue weighted by atomic mass is 16.2. The van der Waals surface area contributed by atoms with E-state index in [0.717, 1.165) is 48.6 Å². The van der Waals surface area contributed by atoms with E-state index in [0.29, 0.717) is 13.1 Å². The lowest BCUT2D eigenvalue weighted by molar-refractivity contribution is -0.124. The van der Waals surface area contributed by atoms with E-state index in [1.165, 1.54) is 5.69 Å². The van der Waals surface area contributed by atoms with Crippen LogP contribution >= 0.6 is 0 Å². The summed E-state index contributed by atoms with van der Waals surface area (Å²) in [5.41, 5.74) is 4.86. The molecule has 0 aromatic heterocycles. The van der Waals surface area contributed by atoms with Crippen molar-refractivity contribution in [3.8, 4) is 12.8 Å². The van der Waals surface area contributed by atoms with E-state index in [4.69, 9.17) is 4.99 Å². The molecule has 1 aliphatic heterocycles. The zero-order valence-electron chi connectivity index (χ0n) is 20.8. The van der Waals surface area contributed by atoms with Gasteiger partial charge in [0.05, 0.1) is 23.7 Å². The number of rotatable bonds is 10. The number of nitrogens with zero attached hydrogens (tertiary/aromatic N) is 4. The predicted molar refractivity (Wildman–Crippen MR) is 143 cm³/mol. The van der Waals surface area contributed by atoms with Crippen LogP contribution in [0.1, 0.15) is 53.0 Å². The van der Waals surface area contributed by atoms with Crippen LogP contribution in [0.5, 0.6) is 0 Å². The van der Waals surface area contributed by atoms with Crippen LogP contribution in [0.2, 0.25) is 0 Å². The number of para-hydroxylation sites is 1. The highest BCUT2D eigenvalue weighted by Crippen LogP contribution is 2.29. The molecule has 0 aliphatic carbocycles. The van der Waals surface area contributed by atoms with E-state index in [9.17, 15) is 4.79 Å². The lowest BCUT2D eigenvalue weighted by atomic mass is 10.1. The quantitative estimate of drug-likeness (QED) is 0.414. The summed E-state index contributed by atoms with van der Waals surface area (Å²) in [5, 5.41) is 9.31. The summed E-state index contributed by atoms with van der Waals surface area (Å²) in [7, 11) is 0. The first kappa shape index (κ1) is 27.7. The van der Waals surface area contributed by atoms with E-state index in [-0.39, 0.29) is 12.5 Å². The summed E-state index contributed by atoms with van der Waals surface area (Å²) in [6.45, 7) is 14.0. The highest BCUT2D eigenvalue weighted by molar-refractivity contribution is 6.46. The van der Waals surface area contributed by atoms with E-state index >= 15 is 0 Å². The Morgan fingerprint density at radius 2 is 1.85 bits per heavy atom. The zero-order valence-corrected chi connectivity index (χ0v) is 20.8. The third-order valence-electron chi connectivity index (χ3n) is 5.03. The van der Waals surface area contributed by atoms with Gasteiger partial charge in [0.1, 0.15) is 6.54 Å². The lowest BCUT2D eigenvalue weighted by Crippen LogP contribution is -2.45. The van der Waals surface area contributed by atoms with Crippen molar-refractivity contribution in [1.82, 2.24) is 10.3 Å². The van der Waals surface area contributed by atoms with Crippen molar-refractivity contribution in [2.75, 3.05) is 37.6 Å². The molecular weight excluding hydrogens is 410 g/mol. The van der Waals surface area contributed by atoms with Gasteiger partial charge in [-0.2, -0.15) is 5.10 Å². The summed E-state index contributed by atoms with van der Waals surface area (Å²) in [6, 6.07) is 8.48. The third-order valence-corrected chi connectivity index (χ3v) is 5.03. The summed E-state index contributed by atoms with van der Waals surface area (Å²) >= 11 is 0. The molecule has 0 bridgehead atoms. The molecule has 33 heavy (non-hydrogen) atoms. The van der Waals surface area contributed by atoms with Gasteiger partial charge in [0.15, 0.2) is 0 Å². The molecule has 0 radical (unpaired) electrons. The number of hydrazone groups is 1. The van der Waals surface area contributed by atoms with Gasteiger partial charge in [0.2, 0.25) is 5.91 Å². The molecule has 1 amide bonds. The molecule has 1 aliphatic rings. The van der Waals surface area contributed by atoms with Gasteiger partial charge in [0.25, 0.3) is 0 Å². The van der Waals surface area contributed by atoms with Gasteiger partial charge in [0, 0.05) is 30.9 Å². The number of anilines is 1. The Morgan fingerprint density at radius 3 is 2.42 bits per heavy atom. The van der Waals surface area contributed by atoms with Gasteiger partial charge >= 0.3 is 0 Å². The first-order chi connectivity index (χ1) is 16.0. The van der Waals surface area contributed by atoms with Crippen molar-refractivity contribution in [2.24, 2.45) is 10.1 Å². The Bertz CT molecular complexity index is 889. The second-order valence-corrected chi connectivity index (χ2v) is 7.60. The fourth-order valence-electron chi connectivity index (χ4n) is 3.64. The van der Waals surface area contributed by atoms with Crippen LogP contribution < -0.4 is 10.2 Å². The minimum atomic E-state index is 0.00216. The molecule has 2 rings (SSSR count). The minimum absolute atomic E-state index is 0.00216. The molecule has 1 saturated heterocycles. The Kier molecular flexibility index (Phi) is 13.0. The maximum atomic E-state index is 11.7. The van der Waals surface area contributed by atoms with Gasteiger partial charge < -0.3 is 10.2 Å². The normalized spacial score (nSPS) is 15.2. The Balaban J connectivity index is 0.00000265. The van der Waals surface area contributed by atoms with Crippen LogP contribution in [0.15, 0.2) is 52.6 Å². The molecule has 1 N–H and O–H groups in total. The van der Waals surface area contributed by atoms with Crippen molar-refractivity contribution in [3.05, 3.63) is 48.1 Å². The van der Waals surface area contributed by atoms with Crippen LogP contribution in [0.4, 0.5) is 5.69 Å². The topological polar surface area (TPSA) is 60.3 Å². The van der Waals surface area contributed by atoms with E-state index in [2.05, 4.69) is 72.4 Å². The van der Waals surface area contributed by atoms with Crippen molar-refractivity contribution in [1.29, 1.82) is 0 Å². The van der Waals surface area contributed by atoms with Gasteiger partial charge in [-0.05, 0) is 45.8 Å². The molecule has 1 aromatic carbocycles. The van der Waals surface area contributed by atoms with E-state index < -0.39 is 0 Å². The number of hydrogen-bond acceptors (Lipinski definition) is 5. The number of carbonyl (C=O) groups excluding carboxylic acids is 1. The van der Waals surface area contributed by atoms with Crippen molar-refractivity contribution in [2.45, 2.75) is 47.5 Å². The number of hydrogen-bond donors (Lipinski definition) is 1. The van der Waals surface area contributed by atoms with Crippen LogP contribution in [0.3, 0.4) is 0 Å². The summed E-state index contributed by atoms with van der Waals surface area (Å²) in [5.74, 6) is 0.00216. The molecule has 178 valence electrons. The van der Waals surface area contributed by atoms with Gasteiger partial charge in [-0.25, -0.2) is 4.99 Å². The number of piperazine rings is 1. The number of carbonyl (C=O) groups is 1. The van der Waals surface area contributed by atoms with Crippen molar-refractivity contribution >= 4 is 28.7 Å². The number of terminal acetylenes is 1. The molecule has 0 spiro atoms. The average molecular weight is 450 g/mol. The van der Waals surface area contributed by atoms with E-state index in [1.807, 2.05) is 32.9 Å². The van der Waals surface area contributed by atoms with Crippen molar-refractivity contribution in [3.63, 3.8) is 0 Å². The summed E-state index contributed by atoms with van der Waals surface area (Å²) < 4.78 is 0. The summed E-state index contributed by atoms with van der Waals surface area (Å²) in [6.07, 6.45) is 16.2. The fourth-order valence-corrected chi connectivity index (χ4v) is 3.64. The predicted octanol–water partition coefficient (Wildman–Crippen LogP) is 4.75. The molecule has 6 heteroatoms. The fraction of sp³-hybridized carbons (Fsp3) is 0.444. The SMILES string of the molecule is C#C.CC=CC(=NC(=C/C)/c1ccccc1N(CCC)CCC)/C(C)=N/N1CCNC(=O)C1. The second-order valence-electron chi connectivity index (χ2n) is 7.60. The van der Waals surface area contributed by atoms with Crippen LogP contribution in [-0.2, 0) is 4.79 Å². The standard InChI is InChI=1S/C25H37N5O.C2H2/c1-6-12-23(20(5)28-30-18-15-26-25(31)19-30)27-22(9-4)21-13-10-11-14-24(21)29(16-7-2)17-8-3;1-2/h6,9-14H,7-8,15-19H2,1-5H3,(H,26,31);1-2H/b12-6?,22-9+,27-23?,28-20+;. The maximum Gasteiger partial charge on any atom is 0.241 e. The smallest absolute Gasteiger partial charge is 0.241 e. The van der Waals surface area contributed by atoms with Crippen molar-refractivity contribution < 1.29 is 4.79 Å². The molecule has 6 nitrogen and oxygen atoms in total. The summed E-state index contributed by atoms with van der Waals surface area (Å²) in [4.78, 5) is 19.1. The third kappa shape index (κ3) is 8.61. The largest absolute Gasteiger partial charge is 0.371 e. The molecule has 0 unspecified atom stereocenters. The first-order valence-corrected chi connectivity index (χ1v) is 11.7. The number of allylic oxidation sites excluding steroid dienone is 3. The maximum absolute atomic E-state index is 11.7. The van der Waals surface area contributed by atoms with Crippen LogP contribution in [0, 0.1) is 12.8 Å². The number of nitrogens with one attached hydrogen (secondary N) is 1. The Hall–Kier alpha value is -3.33. The van der Waals surface area contributed by atoms with Gasteiger partial charge in [-0.3, -0.25) is 9.80 Å². The molecule has 0 atom stereocenters. The number of benzene rings is 1. The molecular formula is C27H39N5O. The zero-order chi connectivity index (χ0) is 24.6. The van der Waals surface area contributed by atoms with Crippen LogP contribution in [-0.4, -0.2) is 55.1 Å². The van der Waals surface area contributed by atoms with E-state index in [1.54, 1.807) is 5.01 Å². The molecule has 1 aromatic rings. The number of amides is 1. The van der Waals surface area contributed by atoms with Gasteiger partial charge in [-0.15, -0.1) is 12.8 Å². The Morgan fingerprint density at radius 1 is 1.18 bits per heavy atom. The molecule has 0 saturated carbocycles. The first-order valence-electron chi connectivity index (χ1n) is 11.7. The van der Waals surface area contributed by atoms with Crippen LogP contribution in [0.25, 0.3) is 5.70 Å². The number of aliphatic imine (C=N–C) groups is 1. The minimum Gasteiger partial charge on any atom is -0.371 e. The van der Waals surface area contributed by atoms with Gasteiger partial charge in [-0.1, -0.05) is 44.2 Å². The molecule has 1 fully saturated rings. The highest BCUT2D eigenvalue weighted by Gasteiger charge is 2.16. The average Bonchev–Trinajstić information content (AvgIpc) is 2.83. The monoisotopic (exact) mass is 449 g/mol. The molecule has 1 heterocycles. The second kappa shape index (κ2) is 15.5.